The second-order valence-electron chi connectivity index (χ2n) is 2.96. The molecule has 13 heavy (non-hydrogen) atoms. The van der Waals surface area contributed by atoms with Crippen molar-refractivity contribution < 1.29 is 8.78 Å². The van der Waals surface area contributed by atoms with Gasteiger partial charge in [0.25, 0.3) is 6.43 Å². The summed E-state index contributed by atoms with van der Waals surface area (Å²) in [5.74, 6) is 0. The topological polar surface area (TPSA) is 0 Å². The fourth-order valence-corrected chi connectivity index (χ4v) is 1.68. The smallest absolute Gasteiger partial charge is 0.205 e. The highest BCUT2D eigenvalue weighted by Crippen LogP contribution is 2.31. The molecular weight excluding hydrogens is 194 g/mol. The third-order valence-corrected chi connectivity index (χ3v) is 2.34. The largest absolute Gasteiger partial charge is 0.265 e. The molecule has 1 rings (SSSR count). The van der Waals surface area contributed by atoms with Crippen molar-refractivity contribution in [3.05, 3.63) is 33.8 Å². The first-order valence-electron chi connectivity index (χ1n) is 4.13. The van der Waals surface area contributed by atoms with Crippen molar-refractivity contribution in [3.63, 3.8) is 0 Å². The van der Waals surface area contributed by atoms with Crippen LogP contribution in [0.3, 0.4) is 0 Å². The summed E-state index contributed by atoms with van der Waals surface area (Å²) in [6, 6.07) is 3.36. The van der Waals surface area contributed by atoms with E-state index in [9.17, 15) is 8.78 Å². The van der Waals surface area contributed by atoms with E-state index in [1.165, 1.54) is 0 Å². The molecule has 0 amide bonds. The van der Waals surface area contributed by atoms with E-state index in [4.69, 9.17) is 11.6 Å². The van der Waals surface area contributed by atoms with E-state index in [0.717, 1.165) is 12.0 Å². The Morgan fingerprint density at radius 2 is 2.00 bits per heavy atom. The second-order valence-corrected chi connectivity index (χ2v) is 3.37. The van der Waals surface area contributed by atoms with Crippen molar-refractivity contribution in [3.8, 4) is 0 Å². The third kappa shape index (κ3) is 2.19. The maximum Gasteiger partial charge on any atom is 0.265 e. The molecule has 0 bridgehead atoms. The lowest BCUT2D eigenvalue weighted by Crippen LogP contribution is -1.93. The van der Waals surface area contributed by atoms with Crippen molar-refractivity contribution in [2.75, 3.05) is 0 Å². The van der Waals surface area contributed by atoms with E-state index in [0.29, 0.717) is 5.56 Å². The van der Waals surface area contributed by atoms with Gasteiger partial charge in [0.05, 0.1) is 0 Å². The number of hydrogen-bond donors (Lipinski definition) is 0. The first-order valence-corrected chi connectivity index (χ1v) is 4.51. The minimum atomic E-state index is -2.49. The number of hydrogen-bond acceptors (Lipinski definition) is 0. The van der Waals surface area contributed by atoms with Gasteiger partial charge < -0.3 is 0 Å². The minimum absolute atomic E-state index is 0.0427. The van der Waals surface area contributed by atoms with Crippen molar-refractivity contribution in [1.82, 2.24) is 0 Å². The summed E-state index contributed by atoms with van der Waals surface area (Å²) in [6.07, 6.45) is -1.68. The standard InChI is InChI=1S/C10H11ClF2/c1-3-7-4-6(2)9(10(12)13)8(11)5-7/h4-5,10H,3H2,1-2H3. The molecule has 0 saturated carbocycles. The van der Waals surface area contributed by atoms with Crippen molar-refractivity contribution in [2.24, 2.45) is 0 Å². The molecule has 0 aromatic heterocycles. The number of rotatable bonds is 2. The number of benzene rings is 1. The monoisotopic (exact) mass is 204 g/mol. The van der Waals surface area contributed by atoms with Gasteiger partial charge in [0, 0.05) is 10.6 Å². The fraction of sp³-hybridized carbons (Fsp3) is 0.400. The van der Waals surface area contributed by atoms with Gasteiger partial charge in [-0.3, -0.25) is 0 Å². The Bertz CT molecular complexity index is 285. The summed E-state index contributed by atoms with van der Waals surface area (Å²) in [5.41, 5.74) is 1.52. The quantitative estimate of drug-likeness (QED) is 0.679. The number of halogens is 3. The van der Waals surface area contributed by atoms with E-state index in [1.54, 1.807) is 19.1 Å². The third-order valence-electron chi connectivity index (χ3n) is 2.02. The lowest BCUT2D eigenvalue weighted by atomic mass is 10.0. The maximum atomic E-state index is 12.4. The summed E-state index contributed by atoms with van der Waals surface area (Å²) >= 11 is 5.73. The summed E-state index contributed by atoms with van der Waals surface area (Å²) in [5, 5.41) is 0.173. The van der Waals surface area contributed by atoms with Gasteiger partial charge in [-0.25, -0.2) is 8.78 Å². The van der Waals surface area contributed by atoms with Crippen molar-refractivity contribution in [2.45, 2.75) is 26.7 Å². The number of alkyl halides is 2. The van der Waals surface area contributed by atoms with Crippen molar-refractivity contribution >= 4 is 11.6 Å². The zero-order valence-corrected chi connectivity index (χ0v) is 8.33. The highest BCUT2D eigenvalue weighted by atomic mass is 35.5. The summed E-state index contributed by atoms with van der Waals surface area (Å²) in [7, 11) is 0. The van der Waals surface area contributed by atoms with Gasteiger partial charge in [-0.2, -0.15) is 0 Å². The molecule has 0 nitrogen and oxygen atoms in total. The van der Waals surface area contributed by atoms with Crippen LogP contribution >= 0.6 is 11.6 Å². The highest BCUT2D eigenvalue weighted by molar-refractivity contribution is 6.31. The van der Waals surface area contributed by atoms with Gasteiger partial charge in [0.15, 0.2) is 0 Å². The first kappa shape index (κ1) is 10.5. The van der Waals surface area contributed by atoms with Crippen LogP contribution in [0.15, 0.2) is 12.1 Å². The molecular formula is C10H11ClF2. The van der Waals surface area contributed by atoms with E-state index in [1.807, 2.05) is 6.92 Å². The molecule has 0 spiro atoms. The Hall–Kier alpha value is -0.630. The molecule has 1 aromatic carbocycles. The van der Waals surface area contributed by atoms with E-state index in [2.05, 4.69) is 0 Å². The molecule has 0 atom stereocenters. The summed E-state index contributed by atoms with van der Waals surface area (Å²) in [4.78, 5) is 0. The molecule has 0 aliphatic rings. The highest BCUT2D eigenvalue weighted by Gasteiger charge is 2.15. The van der Waals surface area contributed by atoms with Crippen LogP contribution in [0.4, 0.5) is 8.78 Å². The molecule has 0 fully saturated rings. The lowest BCUT2D eigenvalue weighted by molar-refractivity contribution is 0.150. The Balaban J connectivity index is 3.23. The molecule has 72 valence electrons. The zero-order valence-electron chi connectivity index (χ0n) is 7.57. The summed E-state index contributed by atoms with van der Waals surface area (Å²) < 4.78 is 24.9. The SMILES string of the molecule is CCc1cc(C)c(C(F)F)c(Cl)c1. The van der Waals surface area contributed by atoms with Crippen molar-refractivity contribution in [1.29, 1.82) is 0 Å². The van der Waals surface area contributed by atoms with Crippen LogP contribution in [-0.2, 0) is 6.42 Å². The molecule has 3 heteroatoms. The van der Waals surface area contributed by atoms with Crippen LogP contribution < -0.4 is 0 Å². The van der Waals surface area contributed by atoms with Crippen LogP contribution in [0.5, 0.6) is 0 Å². The molecule has 0 saturated heterocycles. The molecule has 0 radical (unpaired) electrons. The minimum Gasteiger partial charge on any atom is -0.205 e. The van der Waals surface area contributed by atoms with Gasteiger partial charge in [0.2, 0.25) is 0 Å². The molecule has 1 aromatic rings. The number of aryl methyl sites for hydroxylation is 2. The molecule has 0 aliphatic heterocycles. The van der Waals surface area contributed by atoms with Gasteiger partial charge in [-0.05, 0) is 30.5 Å². The predicted molar refractivity (Wildman–Crippen MR) is 50.5 cm³/mol. The molecule has 0 aliphatic carbocycles. The average Bonchev–Trinajstić information content (AvgIpc) is 2.02. The van der Waals surface area contributed by atoms with Crippen LogP contribution in [-0.4, -0.2) is 0 Å². The molecule has 0 N–H and O–H groups in total. The Kier molecular flexibility index (Phi) is 3.26. The van der Waals surface area contributed by atoms with Gasteiger partial charge in [-0.15, -0.1) is 0 Å². The maximum absolute atomic E-state index is 12.4. The molecule has 0 unspecified atom stereocenters. The lowest BCUT2D eigenvalue weighted by Gasteiger charge is -2.09. The van der Waals surface area contributed by atoms with Gasteiger partial charge in [0.1, 0.15) is 0 Å². The first-order chi connectivity index (χ1) is 6.06. The second kappa shape index (κ2) is 4.05. The Morgan fingerprint density at radius 1 is 1.38 bits per heavy atom. The average molecular weight is 205 g/mol. The Labute approximate surface area is 81.5 Å². The van der Waals surface area contributed by atoms with Gasteiger partial charge >= 0.3 is 0 Å². The van der Waals surface area contributed by atoms with Crippen LogP contribution in [0, 0.1) is 6.92 Å². The van der Waals surface area contributed by atoms with E-state index >= 15 is 0 Å². The normalized spacial score (nSPS) is 10.9. The van der Waals surface area contributed by atoms with E-state index in [-0.39, 0.29) is 10.6 Å². The van der Waals surface area contributed by atoms with E-state index < -0.39 is 6.43 Å². The zero-order chi connectivity index (χ0) is 10.0. The Morgan fingerprint density at radius 3 is 2.38 bits per heavy atom. The summed E-state index contributed by atoms with van der Waals surface area (Å²) in [6.45, 7) is 3.62. The van der Waals surface area contributed by atoms with Crippen LogP contribution in [0.25, 0.3) is 0 Å². The molecule has 0 heterocycles. The van der Waals surface area contributed by atoms with Crippen LogP contribution in [0.2, 0.25) is 5.02 Å². The van der Waals surface area contributed by atoms with Crippen LogP contribution in [0.1, 0.15) is 30.0 Å². The predicted octanol–water partition coefficient (Wildman–Crippen LogP) is 4.15. The fourth-order valence-electron chi connectivity index (χ4n) is 1.31. The van der Waals surface area contributed by atoms with Gasteiger partial charge in [-0.1, -0.05) is 24.6 Å².